The van der Waals surface area contributed by atoms with Gasteiger partial charge in [-0.15, -0.1) is 0 Å². The Kier molecular flexibility index (Phi) is 4.17. The van der Waals surface area contributed by atoms with Crippen LogP contribution in [0.4, 0.5) is 0 Å². The highest BCUT2D eigenvalue weighted by molar-refractivity contribution is 6.39. The van der Waals surface area contributed by atoms with Crippen molar-refractivity contribution in [2.24, 2.45) is 5.10 Å². The maximum atomic E-state index is 11.8. The molecule has 1 aromatic carbocycles. The predicted molar refractivity (Wildman–Crippen MR) is 73.2 cm³/mol. The summed E-state index contributed by atoms with van der Waals surface area (Å²) in [7, 11) is 1.45. The van der Waals surface area contributed by atoms with E-state index in [0.29, 0.717) is 0 Å². The zero-order chi connectivity index (χ0) is 15.4. The number of rotatable bonds is 2. The zero-order valence-corrected chi connectivity index (χ0v) is 11.3. The van der Waals surface area contributed by atoms with E-state index in [1.165, 1.54) is 19.2 Å². The van der Waals surface area contributed by atoms with Gasteiger partial charge < -0.3 is 5.11 Å². The molecule has 2 rings (SSSR count). The molecule has 110 valence electrons. The second kappa shape index (κ2) is 6.04. The van der Waals surface area contributed by atoms with Crippen molar-refractivity contribution in [2.75, 3.05) is 7.05 Å². The fourth-order valence-corrected chi connectivity index (χ4v) is 1.75. The number of nitrogens with zero attached hydrogens (tertiary/aromatic N) is 2. The highest BCUT2D eigenvalue weighted by Gasteiger charge is 2.22. The molecule has 0 unspecified atom stereocenters. The molecule has 8 nitrogen and oxygen atoms in total. The van der Waals surface area contributed by atoms with Crippen LogP contribution in [0.1, 0.15) is 23.2 Å². The molecule has 0 spiro atoms. The summed E-state index contributed by atoms with van der Waals surface area (Å²) in [6.45, 7) is 0. The maximum absolute atomic E-state index is 11.8. The molecular weight excluding hydrogens is 276 g/mol. The first-order valence-corrected chi connectivity index (χ1v) is 6.21. The number of hydrazone groups is 1. The molecule has 0 saturated heterocycles. The number of carbonyl (C=O) groups is 3. The average molecular weight is 290 g/mol. The van der Waals surface area contributed by atoms with E-state index in [0.717, 1.165) is 5.01 Å². The summed E-state index contributed by atoms with van der Waals surface area (Å²) in [5, 5.41) is 14.4. The van der Waals surface area contributed by atoms with Crippen LogP contribution in [0, 0.1) is 0 Å². The molecule has 0 fully saturated rings. The topological polar surface area (TPSA) is 111 Å². The number of hydrazine groups is 1. The van der Waals surface area contributed by atoms with Gasteiger partial charge in [0.1, 0.15) is 11.5 Å². The van der Waals surface area contributed by atoms with Crippen LogP contribution in [0.25, 0.3) is 0 Å². The quantitative estimate of drug-likeness (QED) is 0.653. The van der Waals surface area contributed by atoms with Crippen molar-refractivity contribution in [1.29, 1.82) is 0 Å². The Morgan fingerprint density at radius 3 is 2.52 bits per heavy atom. The van der Waals surface area contributed by atoms with Gasteiger partial charge in [0.25, 0.3) is 11.8 Å². The Hall–Kier alpha value is -2.90. The second-order valence-electron chi connectivity index (χ2n) is 4.39. The SMILES string of the molecule is CN1N=C(C(=O)NNC(=O)c2ccccc2O)CCC1=O. The number of benzene rings is 1. The van der Waals surface area contributed by atoms with Gasteiger partial charge in [0, 0.05) is 19.9 Å². The maximum Gasteiger partial charge on any atom is 0.285 e. The molecule has 0 aliphatic carbocycles. The molecule has 1 aromatic rings. The van der Waals surface area contributed by atoms with Crippen LogP contribution in [-0.2, 0) is 9.59 Å². The number of phenols is 1. The lowest BCUT2D eigenvalue weighted by Crippen LogP contribution is -2.46. The molecule has 3 amide bonds. The van der Waals surface area contributed by atoms with Crippen molar-refractivity contribution >= 4 is 23.4 Å². The van der Waals surface area contributed by atoms with Gasteiger partial charge in [0.2, 0.25) is 5.91 Å². The number of hydrogen-bond donors (Lipinski definition) is 3. The minimum atomic E-state index is -0.651. The lowest BCUT2D eigenvalue weighted by atomic mass is 10.1. The van der Waals surface area contributed by atoms with E-state index < -0.39 is 11.8 Å². The molecule has 0 radical (unpaired) electrons. The highest BCUT2D eigenvalue weighted by atomic mass is 16.3. The van der Waals surface area contributed by atoms with Gasteiger partial charge >= 0.3 is 0 Å². The van der Waals surface area contributed by atoms with E-state index >= 15 is 0 Å². The third kappa shape index (κ3) is 3.35. The van der Waals surface area contributed by atoms with Gasteiger partial charge in [-0.25, -0.2) is 5.01 Å². The van der Waals surface area contributed by atoms with E-state index in [4.69, 9.17) is 0 Å². The van der Waals surface area contributed by atoms with Crippen molar-refractivity contribution < 1.29 is 19.5 Å². The van der Waals surface area contributed by atoms with E-state index in [9.17, 15) is 19.5 Å². The summed E-state index contributed by atoms with van der Waals surface area (Å²) >= 11 is 0. The lowest BCUT2D eigenvalue weighted by Gasteiger charge is -2.19. The number of phenolic OH excluding ortho intramolecular Hbond substituents is 1. The monoisotopic (exact) mass is 290 g/mol. The van der Waals surface area contributed by atoms with Crippen molar-refractivity contribution in [3.05, 3.63) is 29.8 Å². The minimum Gasteiger partial charge on any atom is -0.507 e. The van der Waals surface area contributed by atoms with E-state index in [1.54, 1.807) is 12.1 Å². The second-order valence-corrected chi connectivity index (χ2v) is 4.39. The molecular formula is C13H14N4O4. The molecule has 1 heterocycles. The molecule has 0 aromatic heterocycles. The molecule has 21 heavy (non-hydrogen) atoms. The van der Waals surface area contributed by atoms with Crippen LogP contribution < -0.4 is 10.9 Å². The smallest absolute Gasteiger partial charge is 0.285 e. The summed E-state index contributed by atoms with van der Waals surface area (Å²) in [6, 6.07) is 5.94. The van der Waals surface area contributed by atoms with Crippen molar-refractivity contribution in [3.8, 4) is 5.75 Å². The zero-order valence-electron chi connectivity index (χ0n) is 11.3. The molecule has 0 bridgehead atoms. The summed E-state index contributed by atoms with van der Waals surface area (Å²) in [6.07, 6.45) is 0.400. The van der Waals surface area contributed by atoms with Crippen molar-refractivity contribution in [1.82, 2.24) is 15.9 Å². The molecule has 0 atom stereocenters. The number of hydrogen-bond acceptors (Lipinski definition) is 5. The van der Waals surface area contributed by atoms with E-state index in [1.807, 2.05) is 0 Å². The number of carbonyl (C=O) groups excluding carboxylic acids is 3. The molecule has 1 aliphatic rings. The summed E-state index contributed by atoms with van der Waals surface area (Å²) < 4.78 is 0. The highest BCUT2D eigenvalue weighted by Crippen LogP contribution is 2.14. The first-order chi connectivity index (χ1) is 9.99. The van der Waals surface area contributed by atoms with Gasteiger partial charge in [-0.3, -0.25) is 25.2 Å². The fraction of sp³-hybridized carbons (Fsp3) is 0.231. The third-order valence-electron chi connectivity index (χ3n) is 2.91. The Morgan fingerprint density at radius 1 is 1.19 bits per heavy atom. The molecule has 3 N–H and O–H groups in total. The van der Waals surface area contributed by atoms with Crippen LogP contribution >= 0.6 is 0 Å². The van der Waals surface area contributed by atoms with E-state index in [-0.39, 0.29) is 35.8 Å². The standard InChI is InChI=1S/C13H14N4O4/c1-17-11(19)7-6-9(16-17)13(21)15-14-12(20)8-4-2-3-5-10(8)18/h2-5,18H,6-7H2,1H3,(H,14,20)(H,15,21). The summed E-state index contributed by atoms with van der Waals surface area (Å²) in [5.74, 6) is -1.62. The van der Waals surface area contributed by atoms with Crippen LogP contribution in [0.3, 0.4) is 0 Å². The van der Waals surface area contributed by atoms with Crippen molar-refractivity contribution in [3.63, 3.8) is 0 Å². The van der Waals surface area contributed by atoms with Gasteiger partial charge in [0.15, 0.2) is 0 Å². The summed E-state index contributed by atoms with van der Waals surface area (Å²) in [4.78, 5) is 34.8. The van der Waals surface area contributed by atoms with Gasteiger partial charge in [-0.1, -0.05) is 12.1 Å². The Balaban J connectivity index is 1.96. The molecule has 0 saturated carbocycles. The Labute approximate surface area is 120 Å². The van der Waals surface area contributed by atoms with Gasteiger partial charge in [0.05, 0.1) is 5.56 Å². The predicted octanol–water partition coefficient (Wildman–Crippen LogP) is -0.239. The first kappa shape index (κ1) is 14.5. The van der Waals surface area contributed by atoms with Gasteiger partial charge in [-0.2, -0.15) is 5.10 Å². The Morgan fingerprint density at radius 2 is 1.86 bits per heavy atom. The van der Waals surface area contributed by atoms with Gasteiger partial charge in [-0.05, 0) is 12.1 Å². The van der Waals surface area contributed by atoms with Crippen LogP contribution in [0.15, 0.2) is 29.4 Å². The van der Waals surface area contributed by atoms with Crippen molar-refractivity contribution in [2.45, 2.75) is 12.8 Å². The Bertz CT molecular complexity index is 626. The first-order valence-electron chi connectivity index (χ1n) is 6.21. The number of para-hydroxylation sites is 1. The normalized spacial score (nSPS) is 14.4. The van der Waals surface area contributed by atoms with Crippen LogP contribution in [-0.4, -0.2) is 40.6 Å². The average Bonchev–Trinajstić information content (AvgIpc) is 2.47. The summed E-state index contributed by atoms with van der Waals surface area (Å²) in [5.41, 5.74) is 4.56. The largest absolute Gasteiger partial charge is 0.507 e. The number of aromatic hydroxyl groups is 1. The van der Waals surface area contributed by atoms with Crippen LogP contribution in [0.2, 0.25) is 0 Å². The fourth-order valence-electron chi connectivity index (χ4n) is 1.75. The van der Waals surface area contributed by atoms with Crippen LogP contribution in [0.5, 0.6) is 5.75 Å². The molecule has 1 aliphatic heterocycles. The number of amides is 3. The third-order valence-corrected chi connectivity index (χ3v) is 2.91. The lowest BCUT2D eigenvalue weighted by molar-refractivity contribution is -0.130. The number of nitrogens with one attached hydrogen (secondary N) is 2. The molecule has 8 heteroatoms. The minimum absolute atomic E-state index is 0.0377. The van der Waals surface area contributed by atoms with E-state index in [2.05, 4.69) is 16.0 Å².